The summed E-state index contributed by atoms with van der Waals surface area (Å²) in [6.45, 7) is 3.92. The molecule has 1 aromatic carbocycles. The van der Waals surface area contributed by atoms with Crippen LogP contribution in [0.25, 0.3) is 0 Å². The van der Waals surface area contributed by atoms with Gasteiger partial charge in [-0.05, 0) is 19.4 Å². The van der Waals surface area contributed by atoms with Crippen molar-refractivity contribution in [3.63, 3.8) is 0 Å². The number of aromatic nitrogens is 2. The molecule has 0 bridgehead atoms. The van der Waals surface area contributed by atoms with E-state index in [0.29, 0.717) is 12.0 Å². The SMILES string of the molecule is CCOC(=O)c1n[nH]c(C(=O)OCC)c1Cc1ccccc1. The van der Waals surface area contributed by atoms with Crippen LogP contribution in [0.5, 0.6) is 0 Å². The molecule has 0 saturated carbocycles. The molecular weight excluding hydrogens is 284 g/mol. The number of benzene rings is 1. The molecule has 6 heteroatoms. The molecule has 1 N–H and O–H groups in total. The molecule has 0 spiro atoms. The Balaban J connectivity index is 2.39. The van der Waals surface area contributed by atoms with Crippen molar-refractivity contribution in [1.29, 1.82) is 0 Å². The summed E-state index contributed by atoms with van der Waals surface area (Å²) >= 11 is 0. The van der Waals surface area contributed by atoms with E-state index in [1.54, 1.807) is 13.8 Å². The second-order valence-corrected chi connectivity index (χ2v) is 4.53. The molecule has 0 amide bonds. The monoisotopic (exact) mass is 302 g/mol. The average molecular weight is 302 g/mol. The smallest absolute Gasteiger partial charge is 0.359 e. The summed E-state index contributed by atoms with van der Waals surface area (Å²) in [6, 6.07) is 9.51. The first-order valence-corrected chi connectivity index (χ1v) is 7.12. The van der Waals surface area contributed by atoms with Gasteiger partial charge in [0.2, 0.25) is 0 Å². The van der Waals surface area contributed by atoms with E-state index >= 15 is 0 Å². The Hall–Kier alpha value is -2.63. The van der Waals surface area contributed by atoms with Crippen LogP contribution in [0.3, 0.4) is 0 Å². The largest absolute Gasteiger partial charge is 0.461 e. The molecule has 0 aliphatic heterocycles. The third kappa shape index (κ3) is 3.52. The third-order valence-corrected chi connectivity index (χ3v) is 3.04. The van der Waals surface area contributed by atoms with Crippen molar-refractivity contribution < 1.29 is 19.1 Å². The van der Waals surface area contributed by atoms with Gasteiger partial charge in [-0.2, -0.15) is 5.10 Å². The maximum atomic E-state index is 12.0. The summed E-state index contributed by atoms with van der Waals surface area (Å²) in [5, 5.41) is 6.53. The number of ether oxygens (including phenoxy) is 2. The summed E-state index contributed by atoms with van der Waals surface area (Å²) < 4.78 is 9.98. The molecule has 116 valence electrons. The number of carbonyl (C=O) groups is 2. The number of nitrogens with zero attached hydrogens (tertiary/aromatic N) is 1. The summed E-state index contributed by atoms with van der Waals surface area (Å²) in [4.78, 5) is 24.0. The van der Waals surface area contributed by atoms with Gasteiger partial charge >= 0.3 is 11.9 Å². The van der Waals surface area contributed by atoms with Crippen LogP contribution in [0.2, 0.25) is 0 Å². The quantitative estimate of drug-likeness (QED) is 0.828. The average Bonchev–Trinajstić information content (AvgIpc) is 2.92. The van der Waals surface area contributed by atoms with Crippen molar-refractivity contribution in [1.82, 2.24) is 10.2 Å². The fraction of sp³-hybridized carbons (Fsp3) is 0.312. The van der Waals surface area contributed by atoms with E-state index in [1.807, 2.05) is 30.3 Å². The summed E-state index contributed by atoms with van der Waals surface area (Å²) in [5.74, 6) is -1.09. The first kappa shape index (κ1) is 15.8. The lowest BCUT2D eigenvalue weighted by Gasteiger charge is -2.06. The van der Waals surface area contributed by atoms with E-state index in [9.17, 15) is 9.59 Å². The Kier molecular flexibility index (Phi) is 5.30. The van der Waals surface area contributed by atoms with E-state index < -0.39 is 11.9 Å². The molecule has 2 rings (SSSR count). The van der Waals surface area contributed by atoms with Crippen molar-refractivity contribution in [2.75, 3.05) is 13.2 Å². The third-order valence-electron chi connectivity index (χ3n) is 3.04. The Morgan fingerprint density at radius 3 is 2.32 bits per heavy atom. The molecule has 1 aromatic heterocycles. The Morgan fingerprint density at radius 2 is 1.68 bits per heavy atom. The second-order valence-electron chi connectivity index (χ2n) is 4.53. The van der Waals surface area contributed by atoms with Crippen molar-refractivity contribution in [3.05, 3.63) is 52.8 Å². The lowest BCUT2D eigenvalue weighted by Crippen LogP contribution is -2.11. The van der Waals surface area contributed by atoms with Gasteiger partial charge in [0, 0.05) is 12.0 Å². The fourth-order valence-corrected chi connectivity index (χ4v) is 2.08. The van der Waals surface area contributed by atoms with Gasteiger partial charge in [0.05, 0.1) is 13.2 Å². The highest BCUT2D eigenvalue weighted by atomic mass is 16.5. The lowest BCUT2D eigenvalue weighted by atomic mass is 10.0. The van der Waals surface area contributed by atoms with Crippen LogP contribution in [0.15, 0.2) is 30.3 Å². The topological polar surface area (TPSA) is 81.3 Å². The van der Waals surface area contributed by atoms with Gasteiger partial charge in [0.25, 0.3) is 0 Å². The molecule has 0 atom stereocenters. The van der Waals surface area contributed by atoms with Gasteiger partial charge in [-0.15, -0.1) is 0 Å². The highest BCUT2D eigenvalue weighted by Crippen LogP contribution is 2.18. The second kappa shape index (κ2) is 7.40. The Morgan fingerprint density at radius 1 is 1.05 bits per heavy atom. The van der Waals surface area contributed by atoms with Crippen molar-refractivity contribution in [2.45, 2.75) is 20.3 Å². The first-order chi connectivity index (χ1) is 10.7. The van der Waals surface area contributed by atoms with Crippen molar-refractivity contribution in [2.24, 2.45) is 0 Å². The molecule has 0 fully saturated rings. The molecule has 0 unspecified atom stereocenters. The molecular formula is C16H18N2O4. The highest BCUT2D eigenvalue weighted by Gasteiger charge is 2.25. The first-order valence-electron chi connectivity index (χ1n) is 7.12. The van der Waals surface area contributed by atoms with Gasteiger partial charge in [-0.3, -0.25) is 5.10 Å². The summed E-state index contributed by atoms with van der Waals surface area (Å²) in [7, 11) is 0. The zero-order valence-electron chi connectivity index (χ0n) is 12.6. The molecule has 1 heterocycles. The molecule has 22 heavy (non-hydrogen) atoms. The predicted octanol–water partition coefficient (Wildman–Crippen LogP) is 2.35. The Labute approximate surface area is 128 Å². The van der Waals surface area contributed by atoms with Crippen LogP contribution < -0.4 is 0 Å². The van der Waals surface area contributed by atoms with Gasteiger partial charge in [0.1, 0.15) is 5.69 Å². The van der Waals surface area contributed by atoms with Crippen LogP contribution in [0.4, 0.5) is 0 Å². The Bertz CT molecular complexity index is 614. The highest BCUT2D eigenvalue weighted by molar-refractivity contribution is 5.96. The van der Waals surface area contributed by atoms with Gasteiger partial charge in [0.15, 0.2) is 5.69 Å². The van der Waals surface area contributed by atoms with Crippen molar-refractivity contribution >= 4 is 11.9 Å². The van der Waals surface area contributed by atoms with Crippen LogP contribution in [-0.2, 0) is 15.9 Å². The molecule has 0 saturated heterocycles. The van der Waals surface area contributed by atoms with Crippen LogP contribution in [0, 0.1) is 0 Å². The fourth-order valence-electron chi connectivity index (χ4n) is 2.08. The summed E-state index contributed by atoms with van der Waals surface area (Å²) in [5.41, 5.74) is 1.76. The number of rotatable bonds is 6. The standard InChI is InChI=1S/C16H18N2O4/c1-3-21-15(19)13-12(10-11-8-6-5-7-9-11)14(18-17-13)16(20)22-4-2/h5-9H,3-4,10H2,1-2H3,(H,17,18). The minimum atomic E-state index is -0.555. The normalized spacial score (nSPS) is 10.3. The number of esters is 2. The number of hydrogen-bond donors (Lipinski definition) is 1. The molecule has 6 nitrogen and oxygen atoms in total. The predicted molar refractivity (Wildman–Crippen MR) is 79.7 cm³/mol. The van der Waals surface area contributed by atoms with Gasteiger partial charge in [-0.25, -0.2) is 9.59 Å². The molecule has 0 radical (unpaired) electrons. The molecule has 2 aromatic rings. The van der Waals surface area contributed by atoms with E-state index in [2.05, 4.69) is 10.2 Å². The number of carbonyl (C=O) groups excluding carboxylic acids is 2. The maximum Gasteiger partial charge on any atom is 0.359 e. The van der Waals surface area contributed by atoms with Crippen LogP contribution >= 0.6 is 0 Å². The minimum Gasteiger partial charge on any atom is -0.461 e. The van der Waals surface area contributed by atoms with Gasteiger partial charge < -0.3 is 9.47 Å². The number of H-pyrrole nitrogens is 1. The van der Waals surface area contributed by atoms with Crippen molar-refractivity contribution in [3.8, 4) is 0 Å². The number of nitrogens with one attached hydrogen (secondary N) is 1. The van der Waals surface area contributed by atoms with Crippen LogP contribution in [-0.4, -0.2) is 35.3 Å². The van der Waals surface area contributed by atoms with Gasteiger partial charge in [-0.1, -0.05) is 30.3 Å². The minimum absolute atomic E-state index is 0.119. The lowest BCUT2D eigenvalue weighted by molar-refractivity contribution is 0.0513. The van der Waals surface area contributed by atoms with E-state index in [-0.39, 0.29) is 24.6 Å². The van der Waals surface area contributed by atoms with E-state index in [0.717, 1.165) is 5.56 Å². The number of hydrogen-bond acceptors (Lipinski definition) is 5. The van der Waals surface area contributed by atoms with E-state index in [4.69, 9.17) is 9.47 Å². The van der Waals surface area contributed by atoms with Crippen LogP contribution in [0.1, 0.15) is 46.0 Å². The zero-order valence-corrected chi connectivity index (χ0v) is 12.6. The molecule has 0 aliphatic rings. The van der Waals surface area contributed by atoms with E-state index in [1.165, 1.54) is 0 Å². The maximum absolute atomic E-state index is 12.0. The zero-order chi connectivity index (χ0) is 15.9. The molecule has 0 aliphatic carbocycles. The summed E-state index contributed by atoms with van der Waals surface area (Å²) in [6.07, 6.45) is 0.389. The number of aromatic amines is 1.